The van der Waals surface area contributed by atoms with Crippen LogP contribution in [0.5, 0.6) is 0 Å². The van der Waals surface area contributed by atoms with Crippen molar-refractivity contribution in [2.75, 3.05) is 12.8 Å². The van der Waals surface area contributed by atoms with Gasteiger partial charge in [0, 0.05) is 12.6 Å². The average Bonchev–Trinajstić information content (AvgIpc) is 3.19. The first-order chi connectivity index (χ1) is 11.5. The zero-order valence-electron chi connectivity index (χ0n) is 13.1. The van der Waals surface area contributed by atoms with Crippen LogP contribution in [-0.4, -0.2) is 39.7 Å². The molecule has 2 heterocycles. The number of thioether (sulfide) groups is 1. The molecular weight excluding hydrogens is 328 g/mol. The topological polar surface area (TPSA) is 70.8 Å². The Morgan fingerprint density at radius 3 is 2.79 bits per heavy atom. The highest BCUT2D eigenvalue weighted by Gasteiger charge is 2.29. The zero-order valence-corrected chi connectivity index (χ0v) is 13.9. The number of imide groups is 1. The molecule has 124 valence electrons. The average molecular weight is 344 g/mol. The lowest BCUT2D eigenvalue weighted by Crippen LogP contribution is -2.28. The monoisotopic (exact) mass is 344 g/mol. The third kappa shape index (κ3) is 3.51. The van der Waals surface area contributed by atoms with Crippen LogP contribution < -0.4 is 0 Å². The van der Waals surface area contributed by atoms with Crippen molar-refractivity contribution in [3.63, 3.8) is 0 Å². The van der Waals surface area contributed by atoms with Gasteiger partial charge >= 0.3 is 0 Å². The molecule has 2 aromatic rings. The van der Waals surface area contributed by atoms with E-state index in [-0.39, 0.29) is 29.4 Å². The van der Waals surface area contributed by atoms with Gasteiger partial charge in [0.2, 0.25) is 5.91 Å². The summed E-state index contributed by atoms with van der Waals surface area (Å²) >= 11 is 1.00. The molecule has 0 spiro atoms. The molecule has 24 heavy (non-hydrogen) atoms. The lowest BCUT2D eigenvalue weighted by molar-refractivity contribution is -0.125. The Hall–Kier alpha value is -2.54. The van der Waals surface area contributed by atoms with Gasteiger partial charge in [0.05, 0.1) is 25.1 Å². The lowest BCUT2D eigenvalue weighted by Gasteiger charge is -2.17. The number of carbonyl (C=O) groups excluding carboxylic acids is 3. The first-order valence-corrected chi connectivity index (χ1v) is 8.37. The Balaban J connectivity index is 1.71. The Kier molecular flexibility index (Phi) is 4.71. The molecule has 6 nitrogen and oxygen atoms in total. The second-order valence-electron chi connectivity index (χ2n) is 5.48. The molecule has 0 aliphatic carbocycles. The van der Waals surface area contributed by atoms with E-state index in [4.69, 9.17) is 4.42 Å². The number of carbonyl (C=O) groups is 3. The van der Waals surface area contributed by atoms with E-state index < -0.39 is 0 Å². The summed E-state index contributed by atoms with van der Waals surface area (Å²) in [5.41, 5.74) is 1.25. The maximum absolute atomic E-state index is 12.5. The smallest absolute Gasteiger partial charge is 0.289 e. The minimum Gasteiger partial charge on any atom is -0.467 e. The maximum atomic E-state index is 12.5. The lowest BCUT2D eigenvalue weighted by atomic mass is 10.1. The molecule has 0 N–H and O–H groups in total. The SMILES string of the molecule is CN(Cc1ccco1)C(=O)c1cccc(CN2C(=O)CSC2=O)c1. The normalized spacial score (nSPS) is 14.3. The molecule has 0 unspecified atom stereocenters. The first kappa shape index (κ1) is 16.3. The summed E-state index contributed by atoms with van der Waals surface area (Å²) in [4.78, 5) is 38.7. The number of hydrogen-bond acceptors (Lipinski definition) is 5. The van der Waals surface area contributed by atoms with Crippen molar-refractivity contribution in [3.8, 4) is 0 Å². The minimum absolute atomic E-state index is 0.151. The Labute approximate surface area is 143 Å². The van der Waals surface area contributed by atoms with E-state index in [9.17, 15) is 14.4 Å². The summed E-state index contributed by atoms with van der Waals surface area (Å²) in [6, 6.07) is 10.6. The molecule has 3 rings (SSSR count). The van der Waals surface area contributed by atoms with Crippen molar-refractivity contribution in [3.05, 3.63) is 59.5 Å². The molecular formula is C17H16N2O4S. The highest BCUT2D eigenvalue weighted by Crippen LogP contribution is 2.21. The van der Waals surface area contributed by atoms with Crippen LogP contribution in [0.2, 0.25) is 0 Å². The largest absolute Gasteiger partial charge is 0.467 e. The Morgan fingerprint density at radius 1 is 1.29 bits per heavy atom. The Morgan fingerprint density at radius 2 is 2.12 bits per heavy atom. The first-order valence-electron chi connectivity index (χ1n) is 7.38. The van der Waals surface area contributed by atoms with Crippen molar-refractivity contribution >= 4 is 28.8 Å². The van der Waals surface area contributed by atoms with E-state index in [1.54, 1.807) is 48.5 Å². The summed E-state index contributed by atoms with van der Waals surface area (Å²) < 4.78 is 5.25. The van der Waals surface area contributed by atoms with Crippen LogP contribution in [0, 0.1) is 0 Å². The van der Waals surface area contributed by atoms with Crippen molar-refractivity contribution in [1.82, 2.24) is 9.80 Å². The fourth-order valence-corrected chi connectivity index (χ4v) is 3.17. The van der Waals surface area contributed by atoms with Crippen LogP contribution in [-0.2, 0) is 17.9 Å². The number of nitrogens with zero attached hydrogens (tertiary/aromatic N) is 2. The van der Waals surface area contributed by atoms with Crippen LogP contribution in [0.4, 0.5) is 4.79 Å². The summed E-state index contributed by atoms with van der Waals surface area (Å²) in [7, 11) is 1.70. The highest BCUT2D eigenvalue weighted by molar-refractivity contribution is 8.14. The van der Waals surface area contributed by atoms with Gasteiger partial charge < -0.3 is 9.32 Å². The number of hydrogen-bond donors (Lipinski definition) is 0. The number of amides is 3. The highest BCUT2D eigenvalue weighted by atomic mass is 32.2. The number of benzene rings is 1. The molecule has 1 aliphatic rings. The maximum Gasteiger partial charge on any atom is 0.289 e. The van der Waals surface area contributed by atoms with Gasteiger partial charge in [-0.15, -0.1) is 0 Å². The molecule has 1 fully saturated rings. The van der Waals surface area contributed by atoms with Gasteiger partial charge in [0.1, 0.15) is 5.76 Å². The quantitative estimate of drug-likeness (QED) is 0.834. The van der Waals surface area contributed by atoms with Crippen molar-refractivity contribution < 1.29 is 18.8 Å². The van der Waals surface area contributed by atoms with E-state index in [1.807, 2.05) is 6.07 Å². The van der Waals surface area contributed by atoms with E-state index in [0.717, 1.165) is 17.3 Å². The summed E-state index contributed by atoms with van der Waals surface area (Å²) in [5, 5.41) is -0.244. The van der Waals surface area contributed by atoms with Gasteiger partial charge in [0.15, 0.2) is 0 Å². The van der Waals surface area contributed by atoms with E-state index in [2.05, 4.69) is 0 Å². The third-order valence-corrected chi connectivity index (χ3v) is 4.53. The summed E-state index contributed by atoms with van der Waals surface area (Å²) in [6.45, 7) is 0.559. The van der Waals surface area contributed by atoms with Crippen LogP contribution in [0.15, 0.2) is 47.1 Å². The molecule has 0 radical (unpaired) electrons. The van der Waals surface area contributed by atoms with Gasteiger partial charge in [0.25, 0.3) is 11.1 Å². The van der Waals surface area contributed by atoms with E-state index in [0.29, 0.717) is 17.9 Å². The number of rotatable bonds is 5. The van der Waals surface area contributed by atoms with E-state index in [1.165, 1.54) is 4.90 Å². The van der Waals surface area contributed by atoms with Crippen LogP contribution in [0.3, 0.4) is 0 Å². The molecule has 7 heteroatoms. The van der Waals surface area contributed by atoms with Crippen molar-refractivity contribution in [2.45, 2.75) is 13.1 Å². The predicted molar refractivity (Wildman–Crippen MR) is 89.4 cm³/mol. The fraction of sp³-hybridized carbons (Fsp3) is 0.235. The molecule has 1 aromatic heterocycles. The number of furan rings is 1. The van der Waals surface area contributed by atoms with E-state index >= 15 is 0 Å². The standard InChI is InChI=1S/C17H16N2O4S/c1-18(10-14-6-3-7-23-14)16(21)13-5-2-4-12(8-13)9-19-15(20)11-24-17(19)22/h2-8H,9-11H2,1H3. The molecule has 0 saturated carbocycles. The van der Waals surface area contributed by atoms with Crippen molar-refractivity contribution in [1.29, 1.82) is 0 Å². The summed E-state index contributed by atoms with van der Waals surface area (Å²) in [6.07, 6.45) is 1.57. The zero-order chi connectivity index (χ0) is 17.1. The summed E-state index contributed by atoms with van der Waals surface area (Å²) in [5.74, 6) is 0.536. The molecule has 1 aromatic carbocycles. The van der Waals surface area contributed by atoms with Gasteiger partial charge in [-0.2, -0.15) is 0 Å². The van der Waals surface area contributed by atoms with Gasteiger partial charge in [-0.3, -0.25) is 19.3 Å². The fourth-order valence-electron chi connectivity index (χ4n) is 2.45. The van der Waals surface area contributed by atoms with Gasteiger partial charge in [-0.05, 0) is 29.8 Å². The minimum atomic E-state index is -0.244. The second-order valence-corrected chi connectivity index (χ2v) is 6.40. The third-order valence-electron chi connectivity index (χ3n) is 3.67. The molecule has 1 saturated heterocycles. The van der Waals surface area contributed by atoms with Crippen LogP contribution in [0.25, 0.3) is 0 Å². The Bertz CT molecular complexity index is 757. The van der Waals surface area contributed by atoms with Gasteiger partial charge in [-0.25, -0.2) is 0 Å². The predicted octanol–water partition coefficient (Wildman–Crippen LogP) is 2.75. The van der Waals surface area contributed by atoms with Crippen LogP contribution in [0.1, 0.15) is 21.7 Å². The molecule has 0 bridgehead atoms. The second kappa shape index (κ2) is 6.92. The molecule has 1 aliphatic heterocycles. The van der Waals surface area contributed by atoms with Gasteiger partial charge in [-0.1, -0.05) is 23.9 Å². The van der Waals surface area contributed by atoms with Crippen LogP contribution >= 0.6 is 11.8 Å². The molecule has 0 atom stereocenters. The molecule has 3 amide bonds. The van der Waals surface area contributed by atoms with Crippen molar-refractivity contribution in [2.24, 2.45) is 0 Å².